The highest BCUT2D eigenvalue weighted by molar-refractivity contribution is 6.11. The summed E-state index contributed by atoms with van der Waals surface area (Å²) in [5.74, 6) is 0. The van der Waals surface area contributed by atoms with Gasteiger partial charge in [0.05, 0.1) is 28.1 Å². The second-order valence-corrected chi connectivity index (χ2v) is 14.6. The maximum atomic E-state index is 2.44. The first-order chi connectivity index (χ1) is 26.6. The predicted molar refractivity (Wildman–Crippen MR) is 228 cm³/mol. The fourth-order valence-corrected chi connectivity index (χ4v) is 8.61. The van der Waals surface area contributed by atoms with Gasteiger partial charge in [0.2, 0.25) is 0 Å². The normalized spacial score (nSPS) is 13.1. The van der Waals surface area contributed by atoms with Crippen LogP contribution in [0.1, 0.15) is 25.0 Å². The van der Waals surface area contributed by atoms with Gasteiger partial charge >= 0.3 is 0 Å². The Kier molecular flexibility index (Phi) is 7.48. The highest BCUT2D eigenvalue weighted by atomic mass is 15.2. The molecule has 0 unspecified atom stereocenters. The van der Waals surface area contributed by atoms with Gasteiger partial charge in [0.15, 0.2) is 0 Å². The van der Waals surface area contributed by atoms with Crippen LogP contribution in [0.5, 0.6) is 0 Å². The van der Waals surface area contributed by atoms with Crippen LogP contribution in [0.2, 0.25) is 0 Å². The molecule has 0 saturated heterocycles. The fourth-order valence-electron chi connectivity index (χ4n) is 8.61. The van der Waals surface area contributed by atoms with Crippen LogP contribution in [0, 0.1) is 0 Å². The number of fused-ring (bicyclic) bond motifs is 5. The number of hydrogen-bond donors (Lipinski definition) is 0. The van der Waals surface area contributed by atoms with Crippen LogP contribution in [0.25, 0.3) is 38.6 Å². The van der Waals surface area contributed by atoms with E-state index in [4.69, 9.17) is 0 Å². The molecule has 0 bridgehead atoms. The van der Waals surface area contributed by atoms with E-state index in [2.05, 4.69) is 228 Å². The maximum absolute atomic E-state index is 2.44. The summed E-state index contributed by atoms with van der Waals surface area (Å²) in [6.07, 6.45) is 0. The van der Waals surface area contributed by atoms with Gasteiger partial charge < -0.3 is 14.4 Å². The zero-order valence-corrected chi connectivity index (χ0v) is 30.4. The summed E-state index contributed by atoms with van der Waals surface area (Å²) < 4.78 is 2.38. The van der Waals surface area contributed by atoms with Crippen molar-refractivity contribution in [3.05, 3.63) is 211 Å². The lowest BCUT2D eigenvalue weighted by Crippen LogP contribution is -2.30. The van der Waals surface area contributed by atoms with E-state index in [1.54, 1.807) is 0 Å². The van der Waals surface area contributed by atoms with Crippen LogP contribution in [-0.2, 0) is 5.41 Å². The van der Waals surface area contributed by atoms with Crippen molar-refractivity contribution in [2.45, 2.75) is 19.3 Å². The molecule has 2 heterocycles. The first-order valence-electron chi connectivity index (χ1n) is 18.7. The Morgan fingerprint density at radius 3 is 1.83 bits per heavy atom. The Morgan fingerprint density at radius 1 is 0.426 bits per heavy atom. The minimum atomic E-state index is -0.167. The van der Waals surface area contributed by atoms with Crippen molar-refractivity contribution in [3.8, 4) is 16.8 Å². The van der Waals surface area contributed by atoms with Gasteiger partial charge in [0, 0.05) is 44.5 Å². The molecule has 9 aromatic rings. The van der Waals surface area contributed by atoms with E-state index >= 15 is 0 Å². The van der Waals surface area contributed by atoms with Crippen molar-refractivity contribution in [2.75, 3.05) is 9.80 Å². The van der Waals surface area contributed by atoms with E-state index in [0.717, 1.165) is 28.4 Å². The molecular formula is C51H39N3. The quantitative estimate of drug-likeness (QED) is 0.172. The molecule has 0 atom stereocenters. The van der Waals surface area contributed by atoms with Crippen LogP contribution in [0.15, 0.2) is 200 Å². The van der Waals surface area contributed by atoms with Crippen molar-refractivity contribution in [2.24, 2.45) is 0 Å². The Labute approximate surface area is 316 Å². The van der Waals surface area contributed by atoms with E-state index in [9.17, 15) is 0 Å². The third-order valence-corrected chi connectivity index (χ3v) is 11.1. The van der Waals surface area contributed by atoms with E-state index in [1.165, 1.54) is 55.4 Å². The molecule has 0 spiro atoms. The summed E-state index contributed by atoms with van der Waals surface area (Å²) >= 11 is 0. The third-order valence-electron chi connectivity index (χ3n) is 11.1. The summed E-state index contributed by atoms with van der Waals surface area (Å²) in [6.45, 7) is 4.70. The van der Waals surface area contributed by atoms with Crippen molar-refractivity contribution in [1.29, 1.82) is 0 Å². The van der Waals surface area contributed by atoms with Crippen molar-refractivity contribution >= 4 is 55.9 Å². The third kappa shape index (κ3) is 5.04. The Morgan fingerprint density at radius 2 is 1.04 bits per heavy atom. The zero-order valence-electron chi connectivity index (χ0n) is 30.4. The van der Waals surface area contributed by atoms with Crippen LogP contribution in [-0.4, -0.2) is 4.57 Å². The average molecular weight is 694 g/mol. The molecule has 0 radical (unpaired) electrons. The molecule has 8 aromatic carbocycles. The van der Waals surface area contributed by atoms with Gasteiger partial charge in [-0.1, -0.05) is 135 Å². The number of nitrogens with zero attached hydrogens (tertiary/aromatic N) is 3. The lowest BCUT2D eigenvalue weighted by molar-refractivity contribution is 0.632. The highest BCUT2D eigenvalue weighted by Crippen LogP contribution is 2.53. The molecule has 10 rings (SSSR count). The van der Waals surface area contributed by atoms with Crippen LogP contribution < -0.4 is 9.80 Å². The average Bonchev–Trinajstić information content (AvgIpc) is 3.56. The summed E-state index contributed by atoms with van der Waals surface area (Å²) in [4.78, 5) is 4.85. The van der Waals surface area contributed by atoms with Crippen LogP contribution in [0.4, 0.5) is 34.1 Å². The van der Waals surface area contributed by atoms with E-state index in [-0.39, 0.29) is 5.41 Å². The predicted octanol–water partition coefficient (Wildman–Crippen LogP) is 14.0. The Balaban J connectivity index is 1.18. The summed E-state index contributed by atoms with van der Waals surface area (Å²) in [5.41, 5.74) is 15.3. The SMILES string of the molecule is CC1(C)c2ccccc2N(c2ccccc2)c2cc(-c3ccccc3N(c3ccccc3)c3ccc4c(c3)c3ccccc3n4-c3ccccc3)ccc21. The molecule has 258 valence electrons. The summed E-state index contributed by atoms with van der Waals surface area (Å²) in [5, 5.41) is 2.46. The van der Waals surface area contributed by atoms with Gasteiger partial charge in [-0.15, -0.1) is 0 Å². The molecule has 1 aromatic heterocycles. The zero-order chi connectivity index (χ0) is 36.2. The van der Waals surface area contributed by atoms with Gasteiger partial charge in [-0.25, -0.2) is 0 Å². The Hall–Kier alpha value is -6.84. The number of rotatable bonds is 6. The standard InChI is InChI=1S/C51H39N3/c1-51(2)44-26-14-17-29-49(44)54(39-22-10-5-11-23-39)50-34-36(30-32-45(50)51)41-24-12-15-27-46(41)52(37-18-6-3-7-19-37)40-31-33-48-43(35-40)42-25-13-16-28-47(42)53(48)38-20-8-4-9-21-38/h3-35H,1-2H3. The van der Waals surface area contributed by atoms with E-state index < -0.39 is 0 Å². The molecule has 0 amide bonds. The van der Waals surface area contributed by atoms with Crippen LogP contribution in [0.3, 0.4) is 0 Å². The lowest BCUT2D eigenvalue weighted by Gasteiger charge is -2.42. The molecule has 0 N–H and O–H groups in total. The minimum Gasteiger partial charge on any atom is -0.310 e. The maximum Gasteiger partial charge on any atom is 0.0542 e. The van der Waals surface area contributed by atoms with Crippen molar-refractivity contribution in [1.82, 2.24) is 4.57 Å². The van der Waals surface area contributed by atoms with E-state index in [1.807, 2.05) is 0 Å². The number of para-hydroxylation sites is 6. The number of aromatic nitrogens is 1. The first-order valence-corrected chi connectivity index (χ1v) is 18.7. The largest absolute Gasteiger partial charge is 0.310 e. The van der Waals surface area contributed by atoms with Gasteiger partial charge in [0.25, 0.3) is 0 Å². The second kappa shape index (κ2) is 12.7. The second-order valence-electron chi connectivity index (χ2n) is 14.6. The molecule has 0 aliphatic carbocycles. The van der Waals surface area contributed by atoms with Crippen molar-refractivity contribution < 1.29 is 0 Å². The smallest absolute Gasteiger partial charge is 0.0542 e. The highest BCUT2D eigenvalue weighted by Gasteiger charge is 2.37. The fraction of sp³-hybridized carbons (Fsp3) is 0.0588. The molecule has 3 heteroatoms. The summed E-state index contributed by atoms with van der Waals surface area (Å²) in [6, 6.07) is 72.6. The van der Waals surface area contributed by atoms with E-state index in [0.29, 0.717) is 0 Å². The molecule has 3 nitrogen and oxygen atoms in total. The van der Waals surface area contributed by atoms with Gasteiger partial charge in [-0.2, -0.15) is 0 Å². The molecule has 54 heavy (non-hydrogen) atoms. The number of hydrogen-bond acceptors (Lipinski definition) is 2. The summed E-state index contributed by atoms with van der Waals surface area (Å²) in [7, 11) is 0. The van der Waals surface area contributed by atoms with Gasteiger partial charge in [0.1, 0.15) is 0 Å². The molecule has 1 aliphatic heterocycles. The number of anilines is 6. The Bertz CT molecular complexity index is 2800. The monoisotopic (exact) mass is 693 g/mol. The number of benzene rings is 8. The van der Waals surface area contributed by atoms with Gasteiger partial charge in [-0.05, 0) is 95.6 Å². The molecule has 0 fully saturated rings. The lowest BCUT2D eigenvalue weighted by atomic mass is 9.73. The van der Waals surface area contributed by atoms with Crippen molar-refractivity contribution in [3.63, 3.8) is 0 Å². The first kappa shape index (κ1) is 31.9. The minimum absolute atomic E-state index is 0.167. The van der Waals surface area contributed by atoms with Gasteiger partial charge in [-0.3, -0.25) is 0 Å². The molecule has 0 saturated carbocycles. The molecular weight excluding hydrogens is 655 g/mol. The topological polar surface area (TPSA) is 11.4 Å². The van der Waals surface area contributed by atoms with Crippen LogP contribution >= 0.6 is 0 Å². The molecule has 1 aliphatic rings.